The van der Waals surface area contributed by atoms with Crippen molar-refractivity contribution in [2.24, 2.45) is 5.73 Å². The third kappa shape index (κ3) is 4.93. The number of amides is 2. The Balaban J connectivity index is 1.69. The zero-order chi connectivity index (χ0) is 24.1. The molecule has 0 aliphatic carbocycles. The maximum Gasteiger partial charge on any atom is 0.251 e. The van der Waals surface area contributed by atoms with Gasteiger partial charge in [-0.1, -0.05) is 67.9 Å². The van der Waals surface area contributed by atoms with Gasteiger partial charge in [-0.15, -0.1) is 0 Å². The van der Waals surface area contributed by atoms with Gasteiger partial charge in [0.1, 0.15) is 0 Å². The van der Waals surface area contributed by atoms with Gasteiger partial charge in [-0.25, -0.2) is 0 Å². The normalized spacial score (nSPS) is 13.6. The summed E-state index contributed by atoms with van der Waals surface area (Å²) in [6.07, 6.45) is 5.50. The molecule has 1 aliphatic heterocycles. The number of likely N-dealkylation sites (tertiary alicyclic amines) is 1. The predicted molar refractivity (Wildman–Crippen MR) is 138 cm³/mol. The van der Waals surface area contributed by atoms with E-state index in [9.17, 15) is 9.59 Å². The van der Waals surface area contributed by atoms with E-state index in [1.54, 1.807) is 0 Å². The first-order chi connectivity index (χ1) is 16.5. The first-order valence-corrected chi connectivity index (χ1v) is 12.5. The summed E-state index contributed by atoms with van der Waals surface area (Å²) in [6.45, 7) is 6.58. The SMILES string of the molecule is CCCCc1c(-c2ccc(-c3ccccc3)cc2)c(C(N)=O)c(C)n1CCCN1CCCC1=O. The van der Waals surface area contributed by atoms with Gasteiger partial charge in [-0.2, -0.15) is 0 Å². The summed E-state index contributed by atoms with van der Waals surface area (Å²) in [6, 6.07) is 18.7. The van der Waals surface area contributed by atoms with Crippen molar-refractivity contribution in [3.05, 3.63) is 71.5 Å². The molecule has 0 radical (unpaired) electrons. The van der Waals surface area contributed by atoms with Crippen LogP contribution in [0.5, 0.6) is 0 Å². The zero-order valence-electron chi connectivity index (χ0n) is 20.3. The lowest BCUT2D eigenvalue weighted by Gasteiger charge is -2.18. The number of carbonyl (C=O) groups excluding carboxylic acids is 2. The fraction of sp³-hybridized carbons (Fsp3) is 0.379. The van der Waals surface area contributed by atoms with Crippen LogP contribution in [0.25, 0.3) is 22.3 Å². The van der Waals surface area contributed by atoms with Crippen LogP contribution in [0, 0.1) is 6.92 Å². The quantitative estimate of drug-likeness (QED) is 0.431. The monoisotopic (exact) mass is 457 g/mol. The van der Waals surface area contributed by atoms with Gasteiger partial charge in [0.15, 0.2) is 0 Å². The molecule has 0 unspecified atom stereocenters. The van der Waals surface area contributed by atoms with Gasteiger partial charge in [0.25, 0.3) is 5.91 Å². The summed E-state index contributed by atoms with van der Waals surface area (Å²) in [4.78, 5) is 26.6. The number of rotatable bonds is 10. The topological polar surface area (TPSA) is 68.3 Å². The first-order valence-electron chi connectivity index (χ1n) is 12.5. The van der Waals surface area contributed by atoms with Crippen LogP contribution in [0.4, 0.5) is 0 Å². The molecule has 0 saturated carbocycles. The molecule has 178 valence electrons. The average molecular weight is 458 g/mol. The summed E-state index contributed by atoms with van der Waals surface area (Å²) in [7, 11) is 0. The number of benzene rings is 2. The molecule has 5 heteroatoms. The molecule has 0 spiro atoms. The van der Waals surface area contributed by atoms with Gasteiger partial charge in [0.2, 0.25) is 5.91 Å². The van der Waals surface area contributed by atoms with Crippen molar-refractivity contribution in [2.75, 3.05) is 13.1 Å². The molecule has 0 atom stereocenters. The minimum absolute atomic E-state index is 0.257. The van der Waals surface area contributed by atoms with E-state index in [2.05, 4.69) is 47.9 Å². The lowest BCUT2D eigenvalue weighted by molar-refractivity contribution is -0.127. The van der Waals surface area contributed by atoms with E-state index >= 15 is 0 Å². The molecule has 5 nitrogen and oxygen atoms in total. The maximum absolute atomic E-state index is 12.6. The van der Waals surface area contributed by atoms with Gasteiger partial charge in [0, 0.05) is 43.0 Å². The number of nitrogens with two attached hydrogens (primary N) is 1. The zero-order valence-corrected chi connectivity index (χ0v) is 20.3. The highest BCUT2D eigenvalue weighted by atomic mass is 16.2. The summed E-state index contributed by atoms with van der Waals surface area (Å²) < 4.78 is 2.27. The molecule has 1 saturated heterocycles. The Labute approximate surface area is 202 Å². The van der Waals surface area contributed by atoms with Crippen molar-refractivity contribution in [2.45, 2.75) is 58.9 Å². The second-order valence-corrected chi connectivity index (χ2v) is 9.18. The van der Waals surface area contributed by atoms with Crippen molar-refractivity contribution in [1.29, 1.82) is 0 Å². The molecule has 0 bridgehead atoms. The molecule has 3 aromatic rings. The second-order valence-electron chi connectivity index (χ2n) is 9.18. The third-order valence-corrected chi connectivity index (χ3v) is 6.91. The molecule has 1 aliphatic rings. The van der Waals surface area contributed by atoms with E-state index in [0.717, 1.165) is 74.1 Å². The Morgan fingerprint density at radius 2 is 1.62 bits per heavy atom. The van der Waals surface area contributed by atoms with Crippen LogP contribution in [0.1, 0.15) is 60.8 Å². The van der Waals surface area contributed by atoms with E-state index < -0.39 is 0 Å². The van der Waals surface area contributed by atoms with Crippen molar-refractivity contribution >= 4 is 11.8 Å². The summed E-state index contributed by atoms with van der Waals surface area (Å²) in [5.74, 6) is -0.127. The number of aromatic nitrogens is 1. The minimum atomic E-state index is -0.383. The summed E-state index contributed by atoms with van der Waals surface area (Å²) in [5.41, 5.74) is 13.0. The molecule has 2 N–H and O–H groups in total. The summed E-state index contributed by atoms with van der Waals surface area (Å²) >= 11 is 0. The van der Waals surface area contributed by atoms with Crippen LogP contribution in [-0.4, -0.2) is 34.4 Å². The van der Waals surface area contributed by atoms with Crippen molar-refractivity contribution in [3.63, 3.8) is 0 Å². The van der Waals surface area contributed by atoms with Crippen molar-refractivity contribution < 1.29 is 9.59 Å². The van der Waals surface area contributed by atoms with Gasteiger partial charge in [-0.3, -0.25) is 9.59 Å². The molecule has 1 fully saturated rings. The van der Waals surface area contributed by atoms with E-state index in [1.807, 2.05) is 30.0 Å². The molecule has 1 aromatic heterocycles. The number of nitrogens with zero attached hydrogens (tertiary/aromatic N) is 2. The van der Waals surface area contributed by atoms with E-state index in [1.165, 1.54) is 11.3 Å². The highest BCUT2D eigenvalue weighted by Gasteiger charge is 2.25. The Hall–Kier alpha value is -3.34. The van der Waals surface area contributed by atoms with E-state index in [4.69, 9.17) is 5.73 Å². The molecule has 2 amide bonds. The molecule has 2 aromatic carbocycles. The predicted octanol–water partition coefficient (Wildman–Crippen LogP) is 5.58. The van der Waals surface area contributed by atoms with E-state index in [-0.39, 0.29) is 11.8 Å². The lowest BCUT2D eigenvalue weighted by Crippen LogP contribution is -2.26. The second kappa shape index (κ2) is 10.7. The number of carbonyl (C=O) groups is 2. The fourth-order valence-corrected chi connectivity index (χ4v) is 5.14. The van der Waals surface area contributed by atoms with Crippen LogP contribution in [0.2, 0.25) is 0 Å². The smallest absolute Gasteiger partial charge is 0.251 e. The maximum atomic E-state index is 12.6. The minimum Gasteiger partial charge on any atom is -0.366 e. The first kappa shape index (κ1) is 23.8. The van der Waals surface area contributed by atoms with Crippen LogP contribution in [0.15, 0.2) is 54.6 Å². The number of hydrogen-bond donors (Lipinski definition) is 1. The number of primary amides is 1. The molecular formula is C29H35N3O2. The number of hydrogen-bond acceptors (Lipinski definition) is 2. The lowest BCUT2D eigenvalue weighted by atomic mass is 9.95. The van der Waals surface area contributed by atoms with Gasteiger partial charge in [0.05, 0.1) is 5.56 Å². The molecular weight excluding hydrogens is 422 g/mol. The average Bonchev–Trinajstić information content (AvgIpc) is 3.38. The fourth-order valence-electron chi connectivity index (χ4n) is 5.14. The third-order valence-electron chi connectivity index (χ3n) is 6.91. The van der Waals surface area contributed by atoms with E-state index in [0.29, 0.717) is 12.0 Å². The molecule has 34 heavy (non-hydrogen) atoms. The van der Waals surface area contributed by atoms with Crippen LogP contribution >= 0.6 is 0 Å². The molecule has 4 rings (SSSR count). The van der Waals surface area contributed by atoms with Gasteiger partial charge in [-0.05, 0) is 49.3 Å². The van der Waals surface area contributed by atoms with Crippen LogP contribution in [0.3, 0.4) is 0 Å². The largest absolute Gasteiger partial charge is 0.366 e. The van der Waals surface area contributed by atoms with Gasteiger partial charge < -0.3 is 15.2 Å². The van der Waals surface area contributed by atoms with Crippen molar-refractivity contribution in [3.8, 4) is 22.3 Å². The highest BCUT2D eigenvalue weighted by molar-refractivity contribution is 6.02. The summed E-state index contributed by atoms with van der Waals surface area (Å²) in [5, 5.41) is 0. The van der Waals surface area contributed by atoms with Crippen LogP contribution < -0.4 is 5.73 Å². The standard InChI is InChI=1S/C29H35N3O2/c1-3-4-12-25-28(24-16-14-23(15-17-24)22-10-6-5-7-11-22)27(29(30)34)21(2)32(25)20-9-19-31-18-8-13-26(31)33/h5-7,10-11,14-17H,3-4,8-9,12-13,18-20H2,1-2H3,(H2,30,34). The van der Waals surface area contributed by atoms with Gasteiger partial charge >= 0.3 is 0 Å². The molecule has 2 heterocycles. The Morgan fingerprint density at radius 3 is 2.24 bits per heavy atom. The Bertz CT molecular complexity index is 1150. The van der Waals surface area contributed by atoms with Crippen LogP contribution in [-0.2, 0) is 17.8 Å². The Morgan fingerprint density at radius 1 is 0.941 bits per heavy atom. The Kier molecular flexibility index (Phi) is 7.51. The van der Waals surface area contributed by atoms with Crippen molar-refractivity contribution in [1.82, 2.24) is 9.47 Å². The number of unbranched alkanes of at least 4 members (excludes halogenated alkanes) is 1. The highest BCUT2D eigenvalue weighted by Crippen LogP contribution is 2.35.